The summed E-state index contributed by atoms with van der Waals surface area (Å²) in [5.41, 5.74) is 4.50. The van der Waals surface area contributed by atoms with E-state index in [2.05, 4.69) is 17.7 Å². The number of nitrogens with two attached hydrogens (primary N) is 1. The number of piperazine rings is 1. The van der Waals surface area contributed by atoms with E-state index >= 15 is 0 Å². The van der Waals surface area contributed by atoms with Crippen LogP contribution in [0.3, 0.4) is 0 Å². The monoisotopic (exact) mass is 358 g/mol. The highest BCUT2D eigenvalue weighted by Gasteiger charge is 2.24. The number of amides is 2. The molecule has 2 aliphatic heterocycles. The van der Waals surface area contributed by atoms with Crippen molar-refractivity contribution in [2.45, 2.75) is 46.1 Å². The summed E-state index contributed by atoms with van der Waals surface area (Å²) in [6, 6.07) is 0. The van der Waals surface area contributed by atoms with Gasteiger partial charge in [-0.3, -0.25) is 9.59 Å². The van der Waals surface area contributed by atoms with E-state index in [1.807, 2.05) is 30.6 Å². The van der Waals surface area contributed by atoms with Crippen molar-refractivity contribution in [2.24, 2.45) is 5.73 Å². The molecule has 0 aliphatic carbocycles. The molecule has 0 aromatic carbocycles. The lowest BCUT2D eigenvalue weighted by molar-refractivity contribution is -0.142. The lowest BCUT2D eigenvalue weighted by Crippen LogP contribution is -2.48. The number of hydrogen-bond acceptors (Lipinski definition) is 5. The fourth-order valence-electron chi connectivity index (χ4n) is 2.83. The van der Waals surface area contributed by atoms with E-state index in [1.54, 1.807) is 0 Å². The third kappa shape index (κ3) is 8.65. The van der Waals surface area contributed by atoms with Crippen molar-refractivity contribution >= 4 is 11.8 Å². The highest BCUT2D eigenvalue weighted by molar-refractivity contribution is 5.77. The van der Waals surface area contributed by atoms with Gasteiger partial charge in [0.25, 0.3) is 0 Å². The van der Waals surface area contributed by atoms with Gasteiger partial charge in [0.2, 0.25) is 11.8 Å². The van der Waals surface area contributed by atoms with Crippen LogP contribution < -0.4 is 5.73 Å². The van der Waals surface area contributed by atoms with E-state index in [0.717, 1.165) is 52.1 Å². The summed E-state index contributed by atoms with van der Waals surface area (Å²) in [6.45, 7) is 11.0. The largest absolute Gasteiger partial charge is 0.368 e. The number of likely N-dealkylation sites (N-methyl/N-ethyl adjacent to an activating group) is 1. The molecule has 0 aromatic heterocycles. The van der Waals surface area contributed by atoms with Gasteiger partial charge in [0.05, 0.1) is 6.10 Å². The van der Waals surface area contributed by atoms with Crippen LogP contribution in [0.15, 0.2) is 0 Å². The molecule has 0 saturated carbocycles. The first kappa shape index (κ1) is 23.8. The van der Waals surface area contributed by atoms with Crippen LogP contribution in [0.1, 0.15) is 40.0 Å². The summed E-state index contributed by atoms with van der Waals surface area (Å²) in [6.07, 6.45) is 2.35. The molecular weight excluding hydrogens is 320 g/mol. The molecule has 148 valence electrons. The van der Waals surface area contributed by atoms with Crippen molar-refractivity contribution in [3.63, 3.8) is 0 Å². The molecule has 2 saturated heterocycles. The van der Waals surface area contributed by atoms with Crippen LogP contribution in [0, 0.1) is 0 Å². The highest BCUT2D eigenvalue weighted by atomic mass is 16.5. The number of likely N-dealkylation sites (tertiary alicyclic amines) is 1. The van der Waals surface area contributed by atoms with Gasteiger partial charge in [0, 0.05) is 45.7 Å². The minimum Gasteiger partial charge on any atom is -0.368 e. The Kier molecular flexibility index (Phi) is 13.4. The molecule has 25 heavy (non-hydrogen) atoms. The van der Waals surface area contributed by atoms with Gasteiger partial charge in [-0.05, 0) is 26.9 Å². The summed E-state index contributed by atoms with van der Waals surface area (Å²) in [7, 11) is 3.57. The summed E-state index contributed by atoms with van der Waals surface area (Å²) >= 11 is 0. The van der Waals surface area contributed by atoms with E-state index in [0.29, 0.717) is 6.42 Å². The predicted molar refractivity (Wildman–Crippen MR) is 101 cm³/mol. The van der Waals surface area contributed by atoms with Gasteiger partial charge in [-0.1, -0.05) is 20.8 Å². The highest BCUT2D eigenvalue weighted by Crippen LogP contribution is 2.14. The molecule has 2 heterocycles. The average Bonchev–Trinajstić information content (AvgIpc) is 2.69. The number of carbonyl (C=O) groups excluding carboxylic acids is 2. The average molecular weight is 359 g/mol. The molecule has 0 unspecified atom stereocenters. The molecule has 0 aromatic rings. The molecule has 2 aliphatic rings. The second-order valence-electron chi connectivity index (χ2n) is 5.93. The molecule has 0 atom stereocenters. The zero-order valence-corrected chi connectivity index (χ0v) is 16.8. The maximum atomic E-state index is 12.1. The summed E-state index contributed by atoms with van der Waals surface area (Å²) < 4.78 is 5.74. The molecule has 2 N–H and O–H groups in total. The van der Waals surface area contributed by atoms with Crippen molar-refractivity contribution in [1.29, 1.82) is 0 Å². The lowest BCUT2D eigenvalue weighted by atomic mass is 10.1. The zero-order chi connectivity index (χ0) is 19.2. The zero-order valence-electron chi connectivity index (χ0n) is 16.8. The van der Waals surface area contributed by atoms with Crippen LogP contribution in [0.2, 0.25) is 0 Å². The van der Waals surface area contributed by atoms with E-state index in [4.69, 9.17) is 4.74 Å². The second kappa shape index (κ2) is 14.0. The molecule has 2 amide bonds. The normalized spacial score (nSPS) is 18.6. The topological polar surface area (TPSA) is 79.1 Å². The van der Waals surface area contributed by atoms with Crippen LogP contribution in [0.5, 0.6) is 0 Å². The minimum absolute atomic E-state index is 0.0927. The van der Waals surface area contributed by atoms with Crippen molar-refractivity contribution < 1.29 is 14.3 Å². The van der Waals surface area contributed by atoms with Gasteiger partial charge in [-0.2, -0.15) is 0 Å². The fraction of sp³-hybridized carbons (Fsp3) is 0.889. The Labute approximate surface area is 153 Å². The number of piperidine rings is 1. The summed E-state index contributed by atoms with van der Waals surface area (Å²) in [5, 5.41) is 0. The SMILES string of the molecule is CC.CCC(=O)N1CCC(OCC(=O)N2CCN(C)CC2)CC1.CN. The molecule has 2 fully saturated rings. The number of nitrogens with zero attached hydrogens (tertiary/aromatic N) is 3. The molecule has 0 spiro atoms. The van der Waals surface area contributed by atoms with E-state index in [-0.39, 0.29) is 24.5 Å². The second-order valence-corrected chi connectivity index (χ2v) is 5.93. The molecular formula is C18H38N4O3. The lowest BCUT2D eigenvalue weighted by Gasteiger charge is -2.34. The maximum Gasteiger partial charge on any atom is 0.248 e. The summed E-state index contributed by atoms with van der Waals surface area (Å²) in [5.74, 6) is 0.303. The standard InChI is InChI=1S/C15H27N3O3.C2H6.CH5N/c1-3-14(19)17-6-4-13(5-7-17)21-12-15(20)18-10-8-16(2)9-11-18;2*1-2/h13H,3-12H2,1-2H3;1-2H3;2H2,1H3. The molecule has 0 bridgehead atoms. The predicted octanol–water partition coefficient (Wildman–Crippen LogP) is 0.779. The van der Waals surface area contributed by atoms with Crippen LogP contribution in [0.25, 0.3) is 0 Å². The van der Waals surface area contributed by atoms with Gasteiger partial charge in [0.15, 0.2) is 0 Å². The first-order valence-electron chi connectivity index (χ1n) is 9.53. The van der Waals surface area contributed by atoms with E-state index in [9.17, 15) is 9.59 Å². The van der Waals surface area contributed by atoms with Crippen LogP contribution >= 0.6 is 0 Å². The van der Waals surface area contributed by atoms with Crippen LogP contribution in [-0.4, -0.2) is 92.6 Å². The van der Waals surface area contributed by atoms with Crippen molar-refractivity contribution in [3.8, 4) is 0 Å². The molecule has 7 heteroatoms. The quantitative estimate of drug-likeness (QED) is 0.803. The summed E-state index contributed by atoms with van der Waals surface area (Å²) in [4.78, 5) is 29.7. The minimum atomic E-state index is 0.0927. The third-order valence-electron chi connectivity index (χ3n) is 4.40. The Bertz CT molecular complexity index is 363. The van der Waals surface area contributed by atoms with Crippen LogP contribution in [-0.2, 0) is 14.3 Å². The van der Waals surface area contributed by atoms with Gasteiger partial charge >= 0.3 is 0 Å². The Hall–Kier alpha value is -1.18. The molecule has 2 rings (SSSR count). The molecule has 7 nitrogen and oxygen atoms in total. The van der Waals surface area contributed by atoms with E-state index in [1.165, 1.54) is 7.05 Å². The number of ether oxygens (including phenoxy) is 1. The van der Waals surface area contributed by atoms with Gasteiger partial charge in [0.1, 0.15) is 6.61 Å². The smallest absolute Gasteiger partial charge is 0.248 e. The Morgan fingerprint density at radius 3 is 1.88 bits per heavy atom. The van der Waals surface area contributed by atoms with Crippen LogP contribution in [0.4, 0.5) is 0 Å². The fourth-order valence-corrected chi connectivity index (χ4v) is 2.83. The number of carbonyl (C=O) groups is 2. The van der Waals surface area contributed by atoms with Crippen molar-refractivity contribution in [2.75, 3.05) is 60.0 Å². The van der Waals surface area contributed by atoms with Gasteiger partial charge < -0.3 is 25.2 Å². The Balaban J connectivity index is 0.00000134. The Morgan fingerprint density at radius 1 is 0.920 bits per heavy atom. The van der Waals surface area contributed by atoms with Crippen molar-refractivity contribution in [1.82, 2.24) is 14.7 Å². The first-order valence-corrected chi connectivity index (χ1v) is 9.53. The number of rotatable bonds is 4. The Morgan fingerprint density at radius 2 is 1.40 bits per heavy atom. The first-order chi connectivity index (χ1) is 12.1. The van der Waals surface area contributed by atoms with Gasteiger partial charge in [-0.25, -0.2) is 0 Å². The van der Waals surface area contributed by atoms with Crippen molar-refractivity contribution in [3.05, 3.63) is 0 Å². The van der Waals surface area contributed by atoms with E-state index < -0.39 is 0 Å². The maximum absolute atomic E-state index is 12.1. The molecule has 0 radical (unpaired) electrons. The third-order valence-corrected chi connectivity index (χ3v) is 4.40. The van der Waals surface area contributed by atoms with Gasteiger partial charge in [-0.15, -0.1) is 0 Å². The number of hydrogen-bond donors (Lipinski definition) is 1.